The highest BCUT2D eigenvalue weighted by Gasteiger charge is 2.31. The van der Waals surface area contributed by atoms with E-state index in [1.807, 2.05) is 47.5 Å². The topological polar surface area (TPSA) is 92.4 Å². The Labute approximate surface area is 187 Å². The quantitative estimate of drug-likeness (QED) is 0.445. The van der Waals surface area contributed by atoms with E-state index in [0.717, 1.165) is 48.2 Å². The van der Waals surface area contributed by atoms with Gasteiger partial charge in [-0.1, -0.05) is 30.3 Å². The second kappa shape index (κ2) is 9.33. The molecular weight excluding hydrogens is 400 g/mol. The molecule has 1 aromatic carbocycles. The molecule has 3 heterocycles. The highest BCUT2D eigenvalue weighted by molar-refractivity contribution is 5.89. The molecule has 5 rings (SSSR count). The van der Waals surface area contributed by atoms with Crippen LogP contribution in [-0.2, 0) is 17.9 Å². The summed E-state index contributed by atoms with van der Waals surface area (Å²) in [5, 5.41) is 15.3. The molecule has 32 heavy (non-hydrogen) atoms. The number of hydrogen-bond donors (Lipinski definition) is 1. The van der Waals surface area contributed by atoms with Gasteiger partial charge in [0.2, 0.25) is 0 Å². The molecule has 1 fully saturated rings. The Hall–Kier alpha value is -3.50. The number of rotatable bonds is 8. The van der Waals surface area contributed by atoms with Crippen molar-refractivity contribution < 1.29 is 4.74 Å². The number of aromatic amines is 1. The summed E-state index contributed by atoms with van der Waals surface area (Å²) in [7, 11) is 0. The largest absolute Gasteiger partial charge is 0.376 e. The van der Waals surface area contributed by atoms with Gasteiger partial charge in [0.05, 0.1) is 37.0 Å². The molecule has 1 N–H and O–H groups in total. The van der Waals surface area contributed by atoms with E-state index in [1.165, 1.54) is 5.56 Å². The zero-order valence-electron chi connectivity index (χ0n) is 17.9. The summed E-state index contributed by atoms with van der Waals surface area (Å²) in [5.41, 5.74) is 3.80. The molecule has 0 bridgehead atoms. The van der Waals surface area contributed by atoms with Crippen LogP contribution in [0.1, 0.15) is 24.8 Å². The average Bonchev–Trinajstić information content (AvgIpc) is 3.58. The predicted molar refractivity (Wildman–Crippen MR) is 121 cm³/mol. The smallest absolute Gasteiger partial charge is 0.141 e. The van der Waals surface area contributed by atoms with Crippen LogP contribution in [-0.4, -0.2) is 31.3 Å². The van der Waals surface area contributed by atoms with Gasteiger partial charge >= 0.3 is 0 Å². The number of nitrogens with zero attached hydrogens (tertiary/aromatic N) is 5. The summed E-state index contributed by atoms with van der Waals surface area (Å²) >= 11 is 0. The summed E-state index contributed by atoms with van der Waals surface area (Å²) in [6.07, 6.45) is 10.4. The SMILES string of the molecule is N#CC(Cn1cc(-c2ncnc3[nH]ccc23)cn1)C1CCC(COCc2ccccc2)C1. The van der Waals surface area contributed by atoms with E-state index < -0.39 is 0 Å². The van der Waals surface area contributed by atoms with E-state index in [9.17, 15) is 5.26 Å². The highest BCUT2D eigenvalue weighted by atomic mass is 16.5. The van der Waals surface area contributed by atoms with Crippen LogP contribution in [0.2, 0.25) is 0 Å². The molecule has 0 radical (unpaired) electrons. The first-order valence-electron chi connectivity index (χ1n) is 11.1. The third-order valence-corrected chi connectivity index (χ3v) is 6.43. The Morgan fingerprint density at radius 1 is 1.19 bits per heavy atom. The van der Waals surface area contributed by atoms with Gasteiger partial charge in [-0.05, 0) is 42.7 Å². The van der Waals surface area contributed by atoms with Crippen LogP contribution >= 0.6 is 0 Å². The van der Waals surface area contributed by atoms with Gasteiger partial charge in [-0.25, -0.2) is 9.97 Å². The van der Waals surface area contributed by atoms with E-state index in [4.69, 9.17) is 4.74 Å². The number of hydrogen-bond acceptors (Lipinski definition) is 5. The van der Waals surface area contributed by atoms with Crippen molar-refractivity contribution in [1.82, 2.24) is 24.7 Å². The van der Waals surface area contributed by atoms with E-state index in [0.29, 0.717) is 25.0 Å². The lowest BCUT2D eigenvalue weighted by atomic mass is 9.91. The highest BCUT2D eigenvalue weighted by Crippen LogP contribution is 2.37. The minimum Gasteiger partial charge on any atom is -0.376 e. The maximum absolute atomic E-state index is 9.85. The molecule has 0 spiro atoms. The van der Waals surface area contributed by atoms with E-state index >= 15 is 0 Å². The predicted octanol–water partition coefficient (Wildman–Crippen LogP) is 4.59. The molecule has 3 unspecified atom stereocenters. The van der Waals surface area contributed by atoms with Gasteiger partial charge in [0.15, 0.2) is 0 Å². The molecule has 7 heteroatoms. The Morgan fingerprint density at radius 2 is 2.09 bits per heavy atom. The second-order valence-electron chi connectivity index (χ2n) is 8.59. The average molecular weight is 427 g/mol. The standard InChI is InChI=1S/C25H26N6O/c26-11-21(20-7-6-19(10-20)16-32-15-18-4-2-1-3-5-18)13-31-14-22(12-30-31)24-23-8-9-27-25(23)29-17-28-24/h1-5,8-9,12,14,17,19-21H,6-7,10,13,15-16H2,(H,27,28,29). The van der Waals surface area contributed by atoms with Crippen LogP contribution in [0, 0.1) is 29.1 Å². The third kappa shape index (κ3) is 4.41. The minimum absolute atomic E-state index is 0.0560. The first-order valence-corrected chi connectivity index (χ1v) is 11.1. The van der Waals surface area contributed by atoms with Gasteiger partial charge in [0, 0.05) is 30.0 Å². The van der Waals surface area contributed by atoms with Gasteiger partial charge in [-0.15, -0.1) is 0 Å². The lowest BCUT2D eigenvalue weighted by Crippen LogP contribution is -2.18. The van der Waals surface area contributed by atoms with Gasteiger partial charge in [0.1, 0.15) is 12.0 Å². The second-order valence-corrected chi connectivity index (χ2v) is 8.59. The van der Waals surface area contributed by atoms with Crippen LogP contribution in [0.5, 0.6) is 0 Å². The van der Waals surface area contributed by atoms with Crippen molar-refractivity contribution in [1.29, 1.82) is 5.26 Å². The lowest BCUT2D eigenvalue weighted by molar-refractivity contribution is 0.0867. The van der Waals surface area contributed by atoms with Gasteiger partial charge < -0.3 is 9.72 Å². The van der Waals surface area contributed by atoms with Crippen LogP contribution < -0.4 is 0 Å². The summed E-state index contributed by atoms with van der Waals surface area (Å²) in [6.45, 7) is 2.01. The van der Waals surface area contributed by atoms with Crippen molar-refractivity contribution in [2.24, 2.45) is 17.8 Å². The van der Waals surface area contributed by atoms with Crippen molar-refractivity contribution in [3.05, 3.63) is 66.9 Å². The summed E-state index contributed by atoms with van der Waals surface area (Å²) in [5.74, 6) is 0.851. The van der Waals surface area contributed by atoms with Crippen molar-refractivity contribution in [3.63, 3.8) is 0 Å². The lowest BCUT2D eigenvalue weighted by Gasteiger charge is -2.17. The summed E-state index contributed by atoms with van der Waals surface area (Å²) in [6, 6.07) is 14.8. The van der Waals surface area contributed by atoms with Crippen LogP contribution in [0.4, 0.5) is 0 Å². The number of aromatic nitrogens is 5. The monoisotopic (exact) mass is 426 g/mol. The molecule has 0 amide bonds. The van der Waals surface area contributed by atoms with Crippen molar-refractivity contribution in [3.8, 4) is 17.3 Å². The van der Waals surface area contributed by atoms with Crippen LogP contribution in [0.25, 0.3) is 22.3 Å². The molecule has 1 aliphatic carbocycles. The maximum atomic E-state index is 9.85. The molecule has 3 aromatic heterocycles. The van der Waals surface area contributed by atoms with Crippen molar-refractivity contribution in [2.45, 2.75) is 32.4 Å². The maximum Gasteiger partial charge on any atom is 0.141 e. The molecular formula is C25H26N6O. The Kier molecular flexibility index (Phi) is 5.95. The number of ether oxygens (including phenoxy) is 1. The van der Waals surface area contributed by atoms with Gasteiger partial charge in [-0.3, -0.25) is 4.68 Å². The van der Waals surface area contributed by atoms with E-state index in [1.54, 1.807) is 6.33 Å². The number of nitriles is 1. The van der Waals surface area contributed by atoms with Gasteiger partial charge in [-0.2, -0.15) is 10.4 Å². The molecule has 1 aliphatic rings. The molecule has 162 valence electrons. The van der Waals surface area contributed by atoms with E-state index in [2.05, 4.69) is 38.3 Å². The zero-order chi connectivity index (χ0) is 21.8. The summed E-state index contributed by atoms with van der Waals surface area (Å²) in [4.78, 5) is 11.8. The van der Waals surface area contributed by atoms with Crippen molar-refractivity contribution in [2.75, 3.05) is 6.61 Å². The molecule has 0 saturated heterocycles. The number of H-pyrrole nitrogens is 1. The van der Waals surface area contributed by atoms with Gasteiger partial charge in [0.25, 0.3) is 0 Å². The zero-order valence-corrected chi connectivity index (χ0v) is 17.9. The first kappa shape index (κ1) is 20.4. The normalized spacial score (nSPS) is 19.2. The molecule has 4 aromatic rings. The summed E-state index contributed by atoms with van der Waals surface area (Å²) < 4.78 is 7.83. The van der Waals surface area contributed by atoms with Crippen LogP contribution in [0.3, 0.4) is 0 Å². The molecule has 0 aliphatic heterocycles. The number of fused-ring (bicyclic) bond motifs is 1. The first-order chi connectivity index (χ1) is 15.8. The molecule has 1 saturated carbocycles. The minimum atomic E-state index is -0.0560. The Bertz CT molecular complexity index is 1210. The fourth-order valence-corrected chi connectivity index (χ4v) is 4.73. The Balaban J connectivity index is 1.18. The molecule has 7 nitrogen and oxygen atoms in total. The number of benzene rings is 1. The van der Waals surface area contributed by atoms with Crippen LogP contribution in [0.15, 0.2) is 61.3 Å². The fraction of sp³-hybridized carbons (Fsp3) is 0.360. The molecule has 3 atom stereocenters. The fourth-order valence-electron chi connectivity index (χ4n) is 4.73. The Morgan fingerprint density at radius 3 is 2.97 bits per heavy atom. The van der Waals surface area contributed by atoms with E-state index in [-0.39, 0.29) is 5.92 Å². The number of nitrogens with one attached hydrogen (secondary N) is 1. The van der Waals surface area contributed by atoms with Crippen molar-refractivity contribution >= 4 is 11.0 Å². The third-order valence-electron chi connectivity index (χ3n) is 6.43.